The molecule has 0 bridgehead atoms. The van der Waals surface area contributed by atoms with Gasteiger partial charge in [-0.3, -0.25) is 14.9 Å². The maximum absolute atomic E-state index is 13.9. The number of amides is 1. The van der Waals surface area contributed by atoms with E-state index in [9.17, 15) is 19.3 Å². The van der Waals surface area contributed by atoms with Crippen molar-refractivity contribution in [2.45, 2.75) is 13.3 Å². The highest BCUT2D eigenvalue weighted by atomic mass is 19.1. The van der Waals surface area contributed by atoms with Crippen molar-refractivity contribution in [1.82, 2.24) is 15.5 Å². The summed E-state index contributed by atoms with van der Waals surface area (Å²) in [5.41, 5.74) is -0.667. The molecule has 110 valence electrons. The molecule has 0 saturated carbocycles. The average Bonchev–Trinajstić information content (AvgIpc) is 2.94. The molecule has 0 spiro atoms. The van der Waals surface area contributed by atoms with Crippen molar-refractivity contribution in [2.24, 2.45) is 0 Å². The van der Waals surface area contributed by atoms with Crippen LogP contribution in [0.1, 0.15) is 21.7 Å². The van der Waals surface area contributed by atoms with Gasteiger partial charge in [-0.25, -0.2) is 4.39 Å². The van der Waals surface area contributed by atoms with Gasteiger partial charge in [0, 0.05) is 25.1 Å². The van der Waals surface area contributed by atoms with E-state index in [4.69, 9.17) is 0 Å². The van der Waals surface area contributed by atoms with Crippen LogP contribution in [-0.4, -0.2) is 27.5 Å². The molecule has 1 aromatic carbocycles. The van der Waals surface area contributed by atoms with E-state index in [1.807, 2.05) is 0 Å². The molecule has 2 aromatic rings. The average molecular weight is 294 g/mol. The van der Waals surface area contributed by atoms with Crippen LogP contribution in [0.15, 0.2) is 23.0 Å². The molecule has 0 radical (unpaired) electrons. The van der Waals surface area contributed by atoms with Crippen molar-refractivity contribution in [1.29, 1.82) is 0 Å². The summed E-state index contributed by atoms with van der Waals surface area (Å²) in [7, 11) is 0. The first-order valence-electron chi connectivity index (χ1n) is 5.97. The number of non-ortho nitro benzene ring substituents is 1. The zero-order chi connectivity index (χ0) is 15.4. The van der Waals surface area contributed by atoms with Crippen molar-refractivity contribution in [3.63, 3.8) is 0 Å². The molecule has 1 aromatic heterocycles. The summed E-state index contributed by atoms with van der Waals surface area (Å²) in [6.45, 7) is 1.51. The molecule has 0 aliphatic rings. The molecule has 0 unspecified atom stereocenters. The second-order valence-electron chi connectivity index (χ2n) is 4.23. The molecule has 0 atom stereocenters. The number of halogens is 1. The van der Waals surface area contributed by atoms with Gasteiger partial charge in [-0.2, -0.15) is 4.98 Å². The smallest absolute Gasteiger partial charge is 0.270 e. The molecule has 21 heavy (non-hydrogen) atoms. The Kier molecular flexibility index (Phi) is 4.21. The van der Waals surface area contributed by atoms with E-state index in [0.29, 0.717) is 12.2 Å². The number of nitrogens with one attached hydrogen (secondary N) is 1. The van der Waals surface area contributed by atoms with Gasteiger partial charge in [0.05, 0.1) is 10.5 Å². The standard InChI is InChI=1S/C12H11FN4O4/c1-7-4-8(17(19)20)5-9(11(7)13)12(18)14-3-2-10-15-6-21-16-10/h4-6H,2-3H2,1H3,(H,14,18). The summed E-state index contributed by atoms with van der Waals surface area (Å²) in [6, 6.07) is 1.98. The Labute approximate surface area is 118 Å². The van der Waals surface area contributed by atoms with E-state index in [-0.39, 0.29) is 23.4 Å². The second kappa shape index (κ2) is 6.07. The Hall–Kier alpha value is -2.84. The van der Waals surface area contributed by atoms with E-state index in [1.54, 1.807) is 0 Å². The van der Waals surface area contributed by atoms with Gasteiger partial charge >= 0.3 is 0 Å². The normalized spacial score (nSPS) is 10.4. The molecule has 0 saturated heterocycles. The molecular weight excluding hydrogens is 283 g/mol. The van der Waals surface area contributed by atoms with Crippen LogP contribution in [0.5, 0.6) is 0 Å². The number of carbonyl (C=O) groups excluding carboxylic acids is 1. The highest BCUT2D eigenvalue weighted by molar-refractivity contribution is 5.95. The van der Waals surface area contributed by atoms with Gasteiger partial charge in [0.25, 0.3) is 11.6 Å². The van der Waals surface area contributed by atoms with E-state index < -0.39 is 16.6 Å². The number of aromatic nitrogens is 2. The lowest BCUT2D eigenvalue weighted by Gasteiger charge is -2.06. The number of rotatable bonds is 5. The van der Waals surface area contributed by atoms with Gasteiger partial charge < -0.3 is 9.84 Å². The van der Waals surface area contributed by atoms with Crippen LogP contribution in [0, 0.1) is 22.9 Å². The first-order chi connectivity index (χ1) is 9.99. The molecule has 1 heterocycles. The summed E-state index contributed by atoms with van der Waals surface area (Å²) in [5.74, 6) is -1.12. The summed E-state index contributed by atoms with van der Waals surface area (Å²) in [4.78, 5) is 25.7. The van der Waals surface area contributed by atoms with Gasteiger partial charge in [-0.1, -0.05) is 5.16 Å². The fourth-order valence-corrected chi connectivity index (χ4v) is 1.71. The van der Waals surface area contributed by atoms with E-state index in [1.165, 1.54) is 6.92 Å². The third-order valence-corrected chi connectivity index (χ3v) is 2.74. The molecule has 8 nitrogen and oxygen atoms in total. The first-order valence-corrected chi connectivity index (χ1v) is 5.97. The molecule has 0 fully saturated rings. The monoisotopic (exact) mass is 294 g/mol. The third-order valence-electron chi connectivity index (χ3n) is 2.74. The number of nitrogens with zero attached hydrogens (tertiary/aromatic N) is 3. The minimum Gasteiger partial charge on any atom is -0.351 e. The molecule has 1 N–H and O–H groups in total. The lowest BCUT2D eigenvalue weighted by molar-refractivity contribution is -0.385. The van der Waals surface area contributed by atoms with Gasteiger partial charge in [0.15, 0.2) is 5.82 Å². The van der Waals surface area contributed by atoms with Crippen molar-refractivity contribution >= 4 is 11.6 Å². The van der Waals surface area contributed by atoms with Crippen LogP contribution in [0.2, 0.25) is 0 Å². The Morgan fingerprint density at radius 3 is 2.90 bits per heavy atom. The zero-order valence-corrected chi connectivity index (χ0v) is 11.0. The quantitative estimate of drug-likeness (QED) is 0.659. The maximum atomic E-state index is 13.9. The maximum Gasteiger partial charge on any atom is 0.270 e. The SMILES string of the molecule is Cc1cc([N+](=O)[O-])cc(C(=O)NCCc2ncon2)c1F. The number of nitro benzene ring substituents is 1. The number of hydrogen-bond donors (Lipinski definition) is 1. The third kappa shape index (κ3) is 3.38. The summed E-state index contributed by atoms with van der Waals surface area (Å²) >= 11 is 0. The van der Waals surface area contributed by atoms with Crippen molar-refractivity contribution < 1.29 is 18.6 Å². The number of carbonyl (C=O) groups is 1. The lowest BCUT2D eigenvalue weighted by atomic mass is 10.1. The first kappa shape index (κ1) is 14.6. The Morgan fingerprint density at radius 2 is 2.29 bits per heavy atom. The molecule has 0 aliphatic heterocycles. The second-order valence-corrected chi connectivity index (χ2v) is 4.23. The minimum absolute atomic E-state index is 0.0347. The van der Waals surface area contributed by atoms with Gasteiger partial charge in [0.1, 0.15) is 5.82 Å². The minimum atomic E-state index is -0.780. The Bertz CT molecular complexity index is 672. The van der Waals surface area contributed by atoms with Crippen molar-refractivity contribution in [3.05, 3.63) is 51.4 Å². The predicted octanol–water partition coefficient (Wildman–Crippen LogP) is 1.40. The summed E-state index contributed by atoms with van der Waals surface area (Å²) in [5, 5.41) is 16.7. The summed E-state index contributed by atoms with van der Waals surface area (Å²) in [6.07, 6.45) is 1.46. The lowest BCUT2D eigenvalue weighted by Crippen LogP contribution is -2.27. The number of aryl methyl sites for hydroxylation is 1. The molecule has 0 aliphatic carbocycles. The molecular formula is C12H11FN4O4. The van der Waals surface area contributed by atoms with E-state index in [2.05, 4.69) is 20.0 Å². The van der Waals surface area contributed by atoms with Crippen LogP contribution < -0.4 is 5.32 Å². The Morgan fingerprint density at radius 1 is 1.52 bits per heavy atom. The molecule has 2 rings (SSSR count). The van der Waals surface area contributed by atoms with Crippen LogP contribution >= 0.6 is 0 Å². The number of nitro groups is 1. The van der Waals surface area contributed by atoms with Crippen LogP contribution in [0.4, 0.5) is 10.1 Å². The fourth-order valence-electron chi connectivity index (χ4n) is 1.71. The summed E-state index contributed by atoms with van der Waals surface area (Å²) < 4.78 is 18.4. The van der Waals surface area contributed by atoms with Crippen LogP contribution in [0.25, 0.3) is 0 Å². The molecule has 9 heteroatoms. The van der Waals surface area contributed by atoms with Gasteiger partial charge in [-0.15, -0.1) is 0 Å². The number of benzene rings is 1. The van der Waals surface area contributed by atoms with Crippen molar-refractivity contribution in [3.8, 4) is 0 Å². The number of hydrogen-bond acceptors (Lipinski definition) is 6. The predicted molar refractivity (Wildman–Crippen MR) is 68.1 cm³/mol. The van der Waals surface area contributed by atoms with Crippen LogP contribution in [0.3, 0.4) is 0 Å². The van der Waals surface area contributed by atoms with Crippen LogP contribution in [-0.2, 0) is 6.42 Å². The largest absolute Gasteiger partial charge is 0.351 e. The molecule has 1 amide bonds. The fraction of sp³-hybridized carbons (Fsp3) is 0.250. The Balaban J connectivity index is 2.09. The highest BCUT2D eigenvalue weighted by Crippen LogP contribution is 2.20. The van der Waals surface area contributed by atoms with Gasteiger partial charge in [-0.05, 0) is 12.5 Å². The van der Waals surface area contributed by atoms with Gasteiger partial charge in [0.2, 0.25) is 6.39 Å². The van der Waals surface area contributed by atoms with E-state index >= 15 is 0 Å². The topological polar surface area (TPSA) is 111 Å². The van der Waals surface area contributed by atoms with Crippen molar-refractivity contribution in [2.75, 3.05) is 6.54 Å². The zero-order valence-electron chi connectivity index (χ0n) is 11.0. The van der Waals surface area contributed by atoms with E-state index in [0.717, 1.165) is 18.5 Å². The highest BCUT2D eigenvalue weighted by Gasteiger charge is 2.19.